The zero-order chi connectivity index (χ0) is 15.0. The molecule has 2 amide bonds. The van der Waals surface area contributed by atoms with Crippen molar-refractivity contribution in [1.82, 2.24) is 10.2 Å². The third kappa shape index (κ3) is 5.71. The highest BCUT2D eigenvalue weighted by atomic mass is 16.5. The van der Waals surface area contributed by atoms with Gasteiger partial charge in [0.1, 0.15) is 0 Å². The average Bonchev–Trinajstić information content (AvgIpc) is 2.44. The van der Waals surface area contributed by atoms with E-state index in [4.69, 9.17) is 9.84 Å². The number of hydrogen-bond donors (Lipinski definition) is 2. The van der Waals surface area contributed by atoms with Gasteiger partial charge in [0, 0.05) is 27.2 Å². The summed E-state index contributed by atoms with van der Waals surface area (Å²) in [4.78, 5) is 23.5. The molecule has 0 radical (unpaired) electrons. The summed E-state index contributed by atoms with van der Waals surface area (Å²) in [5.74, 6) is -0.918. The van der Waals surface area contributed by atoms with Gasteiger partial charge in [-0.15, -0.1) is 0 Å². The van der Waals surface area contributed by atoms with Crippen LogP contribution in [0.2, 0.25) is 0 Å². The molecule has 0 saturated carbocycles. The molecule has 20 heavy (non-hydrogen) atoms. The molecule has 6 heteroatoms. The first-order chi connectivity index (χ1) is 9.52. The molecule has 0 bridgehead atoms. The van der Waals surface area contributed by atoms with Gasteiger partial charge in [-0.05, 0) is 11.1 Å². The standard InChI is InChI=1S/C14H20N2O4/c1-16(8-7-13(17)18)14(19)15-9-11-3-5-12(6-4-11)10-20-2/h3-6H,7-10H2,1-2H3,(H,15,19)(H,17,18). The molecular weight excluding hydrogens is 260 g/mol. The fraction of sp³-hybridized carbons (Fsp3) is 0.429. The van der Waals surface area contributed by atoms with Crippen LogP contribution in [0.15, 0.2) is 24.3 Å². The minimum absolute atomic E-state index is 0.0599. The largest absolute Gasteiger partial charge is 0.481 e. The molecular formula is C14H20N2O4. The molecule has 0 unspecified atom stereocenters. The molecule has 0 heterocycles. The smallest absolute Gasteiger partial charge is 0.317 e. The van der Waals surface area contributed by atoms with E-state index in [1.807, 2.05) is 24.3 Å². The number of carbonyl (C=O) groups excluding carboxylic acids is 1. The first-order valence-electron chi connectivity index (χ1n) is 6.30. The van der Waals surface area contributed by atoms with Crippen LogP contribution in [0.25, 0.3) is 0 Å². The lowest BCUT2D eigenvalue weighted by Crippen LogP contribution is -2.37. The van der Waals surface area contributed by atoms with Crippen LogP contribution in [-0.4, -0.2) is 42.7 Å². The van der Waals surface area contributed by atoms with Crippen LogP contribution in [0.4, 0.5) is 4.79 Å². The number of benzene rings is 1. The van der Waals surface area contributed by atoms with Crippen molar-refractivity contribution in [3.63, 3.8) is 0 Å². The maximum absolute atomic E-state index is 11.7. The number of carbonyl (C=O) groups is 2. The van der Waals surface area contributed by atoms with Gasteiger partial charge in [-0.25, -0.2) is 4.79 Å². The van der Waals surface area contributed by atoms with E-state index >= 15 is 0 Å². The number of carboxylic acid groups (broad SMARTS) is 1. The Balaban J connectivity index is 2.38. The van der Waals surface area contributed by atoms with Gasteiger partial charge in [0.2, 0.25) is 0 Å². The lowest BCUT2D eigenvalue weighted by Gasteiger charge is -2.17. The fourth-order valence-electron chi connectivity index (χ4n) is 1.60. The van der Waals surface area contributed by atoms with E-state index in [1.54, 1.807) is 14.2 Å². The van der Waals surface area contributed by atoms with Gasteiger partial charge in [0.25, 0.3) is 0 Å². The van der Waals surface area contributed by atoms with Crippen molar-refractivity contribution in [1.29, 1.82) is 0 Å². The average molecular weight is 280 g/mol. The lowest BCUT2D eigenvalue weighted by atomic mass is 10.1. The zero-order valence-corrected chi connectivity index (χ0v) is 11.8. The second-order valence-electron chi connectivity index (χ2n) is 4.47. The van der Waals surface area contributed by atoms with Crippen molar-refractivity contribution in [2.45, 2.75) is 19.6 Å². The van der Waals surface area contributed by atoms with Gasteiger partial charge in [0.15, 0.2) is 0 Å². The normalized spacial score (nSPS) is 10.1. The van der Waals surface area contributed by atoms with Crippen LogP contribution < -0.4 is 5.32 Å². The summed E-state index contributed by atoms with van der Waals surface area (Å²) >= 11 is 0. The van der Waals surface area contributed by atoms with Crippen LogP contribution >= 0.6 is 0 Å². The molecule has 0 aromatic heterocycles. The molecule has 1 aromatic rings. The number of ether oxygens (including phenoxy) is 1. The van der Waals surface area contributed by atoms with Crippen LogP contribution in [0, 0.1) is 0 Å². The maximum atomic E-state index is 11.7. The van der Waals surface area contributed by atoms with E-state index in [9.17, 15) is 9.59 Å². The fourth-order valence-corrected chi connectivity index (χ4v) is 1.60. The highest BCUT2D eigenvalue weighted by Crippen LogP contribution is 2.05. The molecule has 0 aliphatic heterocycles. The summed E-state index contributed by atoms with van der Waals surface area (Å²) in [7, 11) is 3.21. The Kier molecular flexibility index (Phi) is 6.52. The van der Waals surface area contributed by atoms with Crippen LogP contribution in [-0.2, 0) is 22.7 Å². The molecule has 0 aliphatic carbocycles. The summed E-state index contributed by atoms with van der Waals surface area (Å²) in [5.41, 5.74) is 2.05. The van der Waals surface area contributed by atoms with E-state index in [2.05, 4.69) is 5.32 Å². The van der Waals surface area contributed by atoms with Crippen LogP contribution in [0.5, 0.6) is 0 Å². The molecule has 110 valence electrons. The second-order valence-corrected chi connectivity index (χ2v) is 4.47. The Morgan fingerprint density at radius 1 is 1.25 bits per heavy atom. The number of methoxy groups -OCH3 is 1. The van der Waals surface area contributed by atoms with E-state index < -0.39 is 5.97 Å². The maximum Gasteiger partial charge on any atom is 0.317 e. The number of rotatable bonds is 7. The number of hydrogen-bond acceptors (Lipinski definition) is 3. The van der Waals surface area contributed by atoms with E-state index in [1.165, 1.54) is 4.90 Å². The van der Waals surface area contributed by atoms with Gasteiger partial charge in [-0.2, -0.15) is 0 Å². The summed E-state index contributed by atoms with van der Waals surface area (Å²) < 4.78 is 5.02. The Morgan fingerprint density at radius 3 is 2.40 bits per heavy atom. The number of nitrogens with zero attached hydrogens (tertiary/aromatic N) is 1. The van der Waals surface area contributed by atoms with Crippen LogP contribution in [0.1, 0.15) is 17.5 Å². The first kappa shape index (κ1) is 16.0. The third-order valence-corrected chi connectivity index (χ3v) is 2.79. The van der Waals surface area contributed by atoms with Crippen molar-refractivity contribution in [2.24, 2.45) is 0 Å². The second kappa shape index (κ2) is 8.16. The Hall–Kier alpha value is -2.08. The Morgan fingerprint density at radius 2 is 1.85 bits per heavy atom. The number of carboxylic acids is 1. The predicted octanol–water partition coefficient (Wildman–Crippen LogP) is 1.45. The van der Waals surface area contributed by atoms with Crippen molar-refractivity contribution in [2.75, 3.05) is 20.7 Å². The van der Waals surface area contributed by atoms with E-state index in [0.717, 1.165) is 11.1 Å². The number of urea groups is 1. The first-order valence-corrected chi connectivity index (χ1v) is 6.30. The molecule has 0 spiro atoms. The van der Waals surface area contributed by atoms with Crippen molar-refractivity contribution >= 4 is 12.0 Å². The molecule has 1 rings (SSSR count). The van der Waals surface area contributed by atoms with Gasteiger partial charge < -0.3 is 20.1 Å². The van der Waals surface area contributed by atoms with E-state index in [0.29, 0.717) is 13.2 Å². The van der Waals surface area contributed by atoms with Gasteiger partial charge >= 0.3 is 12.0 Å². The highest BCUT2D eigenvalue weighted by molar-refractivity contribution is 5.75. The molecule has 2 N–H and O–H groups in total. The minimum Gasteiger partial charge on any atom is -0.481 e. The quantitative estimate of drug-likeness (QED) is 0.792. The van der Waals surface area contributed by atoms with Crippen LogP contribution in [0.3, 0.4) is 0 Å². The molecule has 6 nitrogen and oxygen atoms in total. The molecule has 0 saturated heterocycles. The summed E-state index contributed by atoms with van der Waals surface area (Å²) in [6.45, 7) is 1.15. The van der Waals surface area contributed by atoms with Gasteiger partial charge in [0.05, 0.1) is 13.0 Å². The predicted molar refractivity (Wildman–Crippen MR) is 74.3 cm³/mol. The Labute approximate surface area is 118 Å². The molecule has 0 fully saturated rings. The summed E-state index contributed by atoms with van der Waals surface area (Å²) in [6.07, 6.45) is -0.0599. The number of nitrogens with one attached hydrogen (secondary N) is 1. The van der Waals surface area contributed by atoms with Crippen molar-refractivity contribution in [3.8, 4) is 0 Å². The third-order valence-electron chi connectivity index (χ3n) is 2.79. The SMILES string of the molecule is COCc1ccc(CNC(=O)N(C)CCC(=O)O)cc1. The molecule has 0 aliphatic rings. The zero-order valence-electron chi connectivity index (χ0n) is 11.8. The number of aliphatic carboxylic acids is 1. The molecule has 1 aromatic carbocycles. The topological polar surface area (TPSA) is 78.9 Å². The number of amides is 2. The van der Waals surface area contributed by atoms with Crippen molar-refractivity contribution < 1.29 is 19.4 Å². The van der Waals surface area contributed by atoms with E-state index in [-0.39, 0.29) is 19.0 Å². The summed E-state index contributed by atoms with van der Waals surface area (Å²) in [6, 6.07) is 7.45. The molecule has 0 atom stereocenters. The lowest BCUT2D eigenvalue weighted by molar-refractivity contribution is -0.137. The monoisotopic (exact) mass is 280 g/mol. The minimum atomic E-state index is -0.918. The van der Waals surface area contributed by atoms with Crippen molar-refractivity contribution in [3.05, 3.63) is 35.4 Å². The van der Waals surface area contributed by atoms with Gasteiger partial charge in [-0.3, -0.25) is 4.79 Å². The highest BCUT2D eigenvalue weighted by Gasteiger charge is 2.09. The Bertz CT molecular complexity index is 445. The van der Waals surface area contributed by atoms with Gasteiger partial charge in [-0.1, -0.05) is 24.3 Å². The summed E-state index contributed by atoms with van der Waals surface area (Å²) in [5, 5.41) is 11.3.